The standard InChI is InChI=1S/C18H26N2O/c1-3-15-8-5-6-10-17(15)21-13-11-16-9-7-12-18(16,14-19)20-4-2/h5-6,8,10,16,20H,3-4,7,9,11-13H2,1-2H3. The molecule has 1 fully saturated rings. The van der Waals surface area contributed by atoms with Crippen LogP contribution in [0.5, 0.6) is 5.75 Å². The minimum Gasteiger partial charge on any atom is -0.493 e. The molecule has 0 aliphatic heterocycles. The molecule has 1 aliphatic rings. The van der Waals surface area contributed by atoms with Crippen LogP contribution < -0.4 is 10.1 Å². The van der Waals surface area contributed by atoms with Crippen LogP contribution >= 0.6 is 0 Å². The summed E-state index contributed by atoms with van der Waals surface area (Å²) in [5.41, 5.74) is 0.921. The number of hydrogen-bond donors (Lipinski definition) is 1. The smallest absolute Gasteiger partial charge is 0.122 e. The number of benzene rings is 1. The van der Waals surface area contributed by atoms with Crippen LogP contribution in [0.2, 0.25) is 0 Å². The molecule has 1 saturated carbocycles. The Bertz CT molecular complexity index is 494. The van der Waals surface area contributed by atoms with E-state index in [1.807, 2.05) is 12.1 Å². The molecular weight excluding hydrogens is 260 g/mol. The number of ether oxygens (including phenoxy) is 1. The largest absolute Gasteiger partial charge is 0.493 e. The lowest BCUT2D eigenvalue weighted by Gasteiger charge is -2.29. The predicted octanol–water partition coefficient (Wildman–Crippen LogP) is 3.69. The highest BCUT2D eigenvalue weighted by Gasteiger charge is 2.42. The van der Waals surface area contributed by atoms with E-state index in [0.717, 1.165) is 44.4 Å². The van der Waals surface area contributed by atoms with Crippen molar-refractivity contribution in [2.75, 3.05) is 13.2 Å². The fourth-order valence-electron chi connectivity index (χ4n) is 3.45. The Morgan fingerprint density at radius 3 is 2.90 bits per heavy atom. The van der Waals surface area contributed by atoms with Crippen LogP contribution in [-0.2, 0) is 6.42 Å². The zero-order chi connectivity index (χ0) is 15.1. The van der Waals surface area contributed by atoms with Crippen molar-refractivity contribution >= 4 is 0 Å². The molecular formula is C18H26N2O. The van der Waals surface area contributed by atoms with Gasteiger partial charge in [-0.1, -0.05) is 38.5 Å². The maximum Gasteiger partial charge on any atom is 0.122 e. The Kier molecular flexibility index (Phi) is 5.64. The molecule has 1 aromatic rings. The van der Waals surface area contributed by atoms with Gasteiger partial charge in [-0.15, -0.1) is 0 Å². The molecule has 3 nitrogen and oxygen atoms in total. The predicted molar refractivity (Wildman–Crippen MR) is 85.3 cm³/mol. The van der Waals surface area contributed by atoms with Crippen LogP contribution in [0.1, 0.15) is 45.1 Å². The number of aryl methyl sites for hydroxylation is 1. The molecule has 0 spiro atoms. The first-order valence-electron chi connectivity index (χ1n) is 8.12. The summed E-state index contributed by atoms with van der Waals surface area (Å²) in [5.74, 6) is 1.39. The summed E-state index contributed by atoms with van der Waals surface area (Å²) in [6.45, 7) is 5.76. The maximum atomic E-state index is 9.56. The lowest BCUT2D eigenvalue weighted by Crippen LogP contribution is -2.47. The number of rotatable bonds is 7. The number of nitrogens with one attached hydrogen (secondary N) is 1. The Balaban J connectivity index is 1.92. The second-order valence-corrected chi connectivity index (χ2v) is 5.80. The molecule has 0 amide bonds. The Morgan fingerprint density at radius 1 is 1.38 bits per heavy atom. The van der Waals surface area contributed by atoms with Gasteiger partial charge in [-0.25, -0.2) is 0 Å². The normalized spacial score (nSPS) is 24.7. The number of hydrogen-bond acceptors (Lipinski definition) is 3. The van der Waals surface area contributed by atoms with E-state index in [0.29, 0.717) is 12.5 Å². The molecule has 1 N–H and O–H groups in total. The molecule has 0 aromatic heterocycles. The molecule has 2 rings (SSSR count). The summed E-state index contributed by atoms with van der Waals surface area (Å²) >= 11 is 0. The van der Waals surface area contributed by atoms with Gasteiger partial charge in [-0.2, -0.15) is 5.26 Å². The Labute approximate surface area is 128 Å². The lowest BCUT2D eigenvalue weighted by atomic mass is 9.86. The van der Waals surface area contributed by atoms with Crippen molar-refractivity contribution in [2.45, 2.75) is 51.5 Å². The van der Waals surface area contributed by atoms with E-state index in [4.69, 9.17) is 4.74 Å². The van der Waals surface area contributed by atoms with Gasteiger partial charge in [-0.3, -0.25) is 5.32 Å². The highest BCUT2D eigenvalue weighted by Crippen LogP contribution is 2.37. The SMILES string of the molecule is CCNC1(C#N)CCCC1CCOc1ccccc1CC. The van der Waals surface area contributed by atoms with E-state index in [9.17, 15) is 5.26 Å². The van der Waals surface area contributed by atoms with Gasteiger partial charge in [0.25, 0.3) is 0 Å². The first kappa shape index (κ1) is 15.9. The van der Waals surface area contributed by atoms with Crippen molar-refractivity contribution in [2.24, 2.45) is 5.92 Å². The summed E-state index contributed by atoms with van der Waals surface area (Å²) in [4.78, 5) is 0. The van der Waals surface area contributed by atoms with Gasteiger partial charge >= 0.3 is 0 Å². The van der Waals surface area contributed by atoms with Crippen LogP contribution in [0.15, 0.2) is 24.3 Å². The molecule has 0 saturated heterocycles. The molecule has 0 bridgehead atoms. The van der Waals surface area contributed by atoms with Crippen molar-refractivity contribution in [3.8, 4) is 11.8 Å². The second kappa shape index (κ2) is 7.47. The first-order chi connectivity index (χ1) is 10.3. The molecule has 114 valence electrons. The summed E-state index contributed by atoms with van der Waals surface area (Å²) < 4.78 is 5.97. The van der Waals surface area contributed by atoms with Gasteiger partial charge < -0.3 is 4.74 Å². The van der Waals surface area contributed by atoms with Crippen molar-refractivity contribution in [1.82, 2.24) is 5.32 Å². The van der Waals surface area contributed by atoms with Crippen molar-refractivity contribution in [1.29, 1.82) is 5.26 Å². The van der Waals surface area contributed by atoms with Gasteiger partial charge in [0, 0.05) is 0 Å². The maximum absolute atomic E-state index is 9.56. The van der Waals surface area contributed by atoms with Crippen LogP contribution in [0.25, 0.3) is 0 Å². The first-order valence-corrected chi connectivity index (χ1v) is 8.12. The summed E-state index contributed by atoms with van der Waals surface area (Å²) in [6.07, 6.45) is 5.15. The van der Waals surface area contributed by atoms with Crippen molar-refractivity contribution in [3.05, 3.63) is 29.8 Å². The molecule has 1 aromatic carbocycles. The highest BCUT2D eigenvalue weighted by molar-refractivity contribution is 5.33. The molecule has 2 atom stereocenters. The van der Waals surface area contributed by atoms with Crippen LogP contribution in [0.4, 0.5) is 0 Å². The Hall–Kier alpha value is -1.53. The van der Waals surface area contributed by atoms with Gasteiger partial charge in [-0.05, 0) is 49.8 Å². The van der Waals surface area contributed by atoms with Gasteiger partial charge in [0.2, 0.25) is 0 Å². The van der Waals surface area contributed by atoms with Crippen LogP contribution in [0, 0.1) is 17.2 Å². The van der Waals surface area contributed by atoms with E-state index in [1.165, 1.54) is 5.56 Å². The van der Waals surface area contributed by atoms with Gasteiger partial charge in [0.1, 0.15) is 11.3 Å². The number of nitriles is 1. The second-order valence-electron chi connectivity index (χ2n) is 5.80. The number of nitrogens with zero attached hydrogens (tertiary/aromatic N) is 1. The summed E-state index contributed by atoms with van der Waals surface area (Å²) in [6, 6.07) is 10.8. The number of para-hydroxylation sites is 1. The third kappa shape index (κ3) is 3.57. The van der Waals surface area contributed by atoms with E-state index < -0.39 is 0 Å². The molecule has 1 aliphatic carbocycles. The zero-order valence-electron chi connectivity index (χ0n) is 13.2. The average molecular weight is 286 g/mol. The molecule has 21 heavy (non-hydrogen) atoms. The summed E-state index contributed by atoms with van der Waals surface area (Å²) in [5, 5.41) is 13.0. The zero-order valence-corrected chi connectivity index (χ0v) is 13.2. The van der Waals surface area contributed by atoms with E-state index in [2.05, 4.69) is 37.4 Å². The highest BCUT2D eigenvalue weighted by atomic mass is 16.5. The average Bonchev–Trinajstić information content (AvgIpc) is 2.91. The minimum atomic E-state index is -0.331. The van der Waals surface area contributed by atoms with Crippen LogP contribution in [-0.4, -0.2) is 18.7 Å². The van der Waals surface area contributed by atoms with Crippen LogP contribution in [0.3, 0.4) is 0 Å². The third-order valence-electron chi connectivity index (χ3n) is 4.59. The van der Waals surface area contributed by atoms with E-state index in [-0.39, 0.29) is 5.54 Å². The van der Waals surface area contributed by atoms with E-state index in [1.54, 1.807) is 0 Å². The van der Waals surface area contributed by atoms with Crippen molar-refractivity contribution < 1.29 is 4.74 Å². The fourth-order valence-corrected chi connectivity index (χ4v) is 3.45. The van der Waals surface area contributed by atoms with Gasteiger partial charge in [0.15, 0.2) is 0 Å². The lowest BCUT2D eigenvalue weighted by molar-refractivity contribution is 0.233. The van der Waals surface area contributed by atoms with Crippen molar-refractivity contribution in [3.63, 3.8) is 0 Å². The minimum absolute atomic E-state index is 0.331. The third-order valence-corrected chi connectivity index (χ3v) is 4.59. The monoisotopic (exact) mass is 286 g/mol. The molecule has 2 unspecified atom stereocenters. The molecule has 3 heteroatoms. The molecule has 0 radical (unpaired) electrons. The van der Waals surface area contributed by atoms with Gasteiger partial charge in [0.05, 0.1) is 12.7 Å². The topological polar surface area (TPSA) is 45.0 Å². The van der Waals surface area contributed by atoms with E-state index >= 15 is 0 Å². The molecule has 0 heterocycles. The quantitative estimate of drug-likeness (QED) is 0.831. The Morgan fingerprint density at radius 2 is 2.19 bits per heavy atom. The fraction of sp³-hybridized carbons (Fsp3) is 0.611. The summed E-state index contributed by atoms with van der Waals surface area (Å²) in [7, 11) is 0.